The first-order valence-corrected chi connectivity index (χ1v) is 6.68. The topological polar surface area (TPSA) is 12.0 Å². The second-order valence-corrected chi connectivity index (χ2v) is 5.10. The van der Waals surface area contributed by atoms with E-state index < -0.39 is 0 Å². The third-order valence-electron chi connectivity index (χ3n) is 3.09. The average Bonchev–Trinajstić information content (AvgIpc) is 2.66. The highest BCUT2D eigenvalue weighted by Gasteiger charge is 2.09. The molecule has 0 radical (unpaired) electrons. The summed E-state index contributed by atoms with van der Waals surface area (Å²) in [7, 11) is 0. The van der Waals surface area contributed by atoms with E-state index in [4.69, 9.17) is 0 Å². The first-order valence-electron chi connectivity index (χ1n) is 5.73. The Labute approximate surface area is 96.2 Å². The highest BCUT2D eigenvalue weighted by molar-refractivity contribution is 7.08. The zero-order chi connectivity index (χ0) is 10.5. The molecule has 0 bridgehead atoms. The minimum atomic E-state index is 0.856. The van der Waals surface area contributed by atoms with Gasteiger partial charge in [0.15, 0.2) is 0 Å². The van der Waals surface area contributed by atoms with Crippen molar-refractivity contribution in [1.29, 1.82) is 0 Å². The molecule has 0 spiro atoms. The van der Waals surface area contributed by atoms with Gasteiger partial charge in [-0.3, -0.25) is 0 Å². The van der Waals surface area contributed by atoms with Gasteiger partial charge in [0, 0.05) is 6.54 Å². The summed E-state index contributed by atoms with van der Waals surface area (Å²) in [5.74, 6) is 0.856. The Kier molecular flexibility index (Phi) is 3.98. The zero-order valence-electron chi connectivity index (χ0n) is 9.33. The Hall–Kier alpha value is -0.600. The molecule has 1 aromatic rings. The van der Waals surface area contributed by atoms with Crippen LogP contribution in [0.25, 0.3) is 0 Å². The van der Waals surface area contributed by atoms with Gasteiger partial charge < -0.3 is 5.32 Å². The first kappa shape index (κ1) is 10.9. The van der Waals surface area contributed by atoms with Crippen molar-refractivity contribution in [1.82, 2.24) is 5.32 Å². The molecule has 1 atom stereocenters. The average molecular weight is 221 g/mol. The minimum Gasteiger partial charge on any atom is -0.312 e. The van der Waals surface area contributed by atoms with E-state index >= 15 is 0 Å². The lowest BCUT2D eigenvalue weighted by molar-refractivity contribution is 0.440. The van der Waals surface area contributed by atoms with Crippen LogP contribution in [0.15, 0.2) is 22.9 Å². The van der Waals surface area contributed by atoms with Crippen LogP contribution < -0.4 is 5.32 Å². The Morgan fingerprint density at radius 3 is 3.00 bits per heavy atom. The van der Waals surface area contributed by atoms with Gasteiger partial charge in [0.25, 0.3) is 0 Å². The van der Waals surface area contributed by atoms with Gasteiger partial charge in [-0.25, -0.2) is 0 Å². The van der Waals surface area contributed by atoms with Crippen molar-refractivity contribution >= 4 is 11.3 Å². The predicted molar refractivity (Wildman–Crippen MR) is 67.2 cm³/mol. The molecular formula is C13H19NS. The highest BCUT2D eigenvalue weighted by atomic mass is 32.1. The van der Waals surface area contributed by atoms with Crippen molar-refractivity contribution < 1.29 is 0 Å². The summed E-state index contributed by atoms with van der Waals surface area (Å²) in [6.07, 6.45) is 8.51. The van der Waals surface area contributed by atoms with Gasteiger partial charge in [-0.15, -0.1) is 0 Å². The third-order valence-corrected chi connectivity index (χ3v) is 4.00. The molecule has 0 aliphatic heterocycles. The zero-order valence-corrected chi connectivity index (χ0v) is 10.1. The summed E-state index contributed by atoms with van der Waals surface area (Å²) in [6.45, 7) is 4.39. The quantitative estimate of drug-likeness (QED) is 0.767. The van der Waals surface area contributed by atoms with Gasteiger partial charge in [0.05, 0.1) is 0 Å². The third kappa shape index (κ3) is 3.18. The molecule has 0 fully saturated rings. The van der Waals surface area contributed by atoms with Crippen LogP contribution in [-0.2, 0) is 6.54 Å². The second kappa shape index (κ2) is 5.47. The number of aryl methyl sites for hydroxylation is 1. The number of hydrogen-bond donors (Lipinski definition) is 1. The summed E-state index contributed by atoms with van der Waals surface area (Å²) < 4.78 is 0. The predicted octanol–water partition coefficient (Wildman–Crippen LogP) is 3.50. The van der Waals surface area contributed by atoms with Gasteiger partial charge in [-0.2, -0.15) is 11.3 Å². The summed E-state index contributed by atoms with van der Waals surface area (Å²) in [5.41, 5.74) is 2.89. The minimum absolute atomic E-state index is 0.856. The molecule has 2 rings (SSSR count). The maximum Gasteiger partial charge on any atom is 0.0216 e. The molecule has 15 heavy (non-hydrogen) atoms. The van der Waals surface area contributed by atoms with E-state index in [-0.39, 0.29) is 0 Å². The Morgan fingerprint density at radius 2 is 2.33 bits per heavy atom. The molecule has 1 nitrogen and oxygen atoms in total. The fourth-order valence-electron chi connectivity index (χ4n) is 2.02. The van der Waals surface area contributed by atoms with Crippen molar-refractivity contribution in [2.75, 3.05) is 6.54 Å². The van der Waals surface area contributed by atoms with E-state index in [9.17, 15) is 0 Å². The van der Waals surface area contributed by atoms with E-state index in [0.29, 0.717) is 0 Å². The fraction of sp³-hybridized carbons (Fsp3) is 0.538. The molecule has 1 heterocycles. The number of thiophene rings is 1. The van der Waals surface area contributed by atoms with E-state index in [0.717, 1.165) is 12.5 Å². The standard InChI is InChI=1S/C13H19NS/c1-11-9-15-10-13(11)8-14-7-12-5-3-2-4-6-12/h2-3,9-10,12,14H,4-8H2,1H3. The number of allylic oxidation sites excluding steroid dienone is 2. The van der Waals surface area contributed by atoms with Crippen LogP contribution in [0, 0.1) is 12.8 Å². The van der Waals surface area contributed by atoms with E-state index in [1.165, 1.54) is 36.9 Å². The molecule has 0 amide bonds. The van der Waals surface area contributed by atoms with Crippen LogP contribution >= 0.6 is 11.3 Å². The van der Waals surface area contributed by atoms with Gasteiger partial charge in [0.1, 0.15) is 0 Å². The monoisotopic (exact) mass is 221 g/mol. The van der Waals surface area contributed by atoms with Gasteiger partial charge in [0.2, 0.25) is 0 Å². The van der Waals surface area contributed by atoms with Crippen molar-refractivity contribution in [3.63, 3.8) is 0 Å². The lowest BCUT2D eigenvalue weighted by Crippen LogP contribution is -2.23. The van der Waals surface area contributed by atoms with Crippen molar-refractivity contribution in [3.8, 4) is 0 Å². The van der Waals surface area contributed by atoms with Crippen LogP contribution in [0.1, 0.15) is 30.4 Å². The molecule has 1 aliphatic carbocycles. The van der Waals surface area contributed by atoms with Crippen LogP contribution in [0.3, 0.4) is 0 Å². The number of rotatable bonds is 4. The summed E-state index contributed by atoms with van der Waals surface area (Å²) in [6, 6.07) is 0. The second-order valence-electron chi connectivity index (χ2n) is 4.36. The molecule has 0 saturated carbocycles. The molecule has 2 heteroatoms. The molecular weight excluding hydrogens is 202 g/mol. The van der Waals surface area contributed by atoms with Crippen LogP contribution in [0.5, 0.6) is 0 Å². The molecule has 1 aromatic heterocycles. The van der Waals surface area contributed by atoms with Crippen LogP contribution in [0.2, 0.25) is 0 Å². The molecule has 1 unspecified atom stereocenters. The number of hydrogen-bond acceptors (Lipinski definition) is 2. The normalized spacial score (nSPS) is 20.7. The summed E-state index contributed by atoms with van der Waals surface area (Å²) >= 11 is 1.80. The molecule has 1 aliphatic rings. The smallest absolute Gasteiger partial charge is 0.0216 e. The van der Waals surface area contributed by atoms with Crippen LogP contribution in [0.4, 0.5) is 0 Å². The van der Waals surface area contributed by atoms with Crippen molar-refractivity contribution in [2.24, 2.45) is 5.92 Å². The molecule has 0 saturated heterocycles. The van der Waals surface area contributed by atoms with E-state index in [1.54, 1.807) is 11.3 Å². The SMILES string of the molecule is Cc1cscc1CNCC1CC=CCC1. The molecule has 1 N–H and O–H groups in total. The summed E-state index contributed by atoms with van der Waals surface area (Å²) in [4.78, 5) is 0. The maximum absolute atomic E-state index is 3.57. The van der Waals surface area contributed by atoms with Crippen molar-refractivity contribution in [3.05, 3.63) is 34.0 Å². The van der Waals surface area contributed by atoms with Gasteiger partial charge in [-0.05, 0) is 60.5 Å². The summed E-state index contributed by atoms with van der Waals surface area (Å²) in [5, 5.41) is 8.05. The number of nitrogens with one attached hydrogen (secondary N) is 1. The maximum atomic E-state index is 3.57. The van der Waals surface area contributed by atoms with Crippen LogP contribution in [-0.4, -0.2) is 6.54 Å². The molecule has 0 aromatic carbocycles. The molecule has 82 valence electrons. The van der Waals surface area contributed by atoms with Crippen molar-refractivity contribution in [2.45, 2.75) is 32.7 Å². The van der Waals surface area contributed by atoms with E-state index in [2.05, 4.69) is 35.2 Å². The lowest BCUT2D eigenvalue weighted by atomic mass is 9.94. The van der Waals surface area contributed by atoms with Gasteiger partial charge in [-0.1, -0.05) is 12.2 Å². The lowest BCUT2D eigenvalue weighted by Gasteiger charge is -2.18. The van der Waals surface area contributed by atoms with Gasteiger partial charge >= 0.3 is 0 Å². The highest BCUT2D eigenvalue weighted by Crippen LogP contribution is 2.18. The van der Waals surface area contributed by atoms with E-state index in [1.807, 2.05) is 0 Å². The Balaban J connectivity index is 1.71. The largest absolute Gasteiger partial charge is 0.312 e. The first-order chi connectivity index (χ1) is 7.36. The Morgan fingerprint density at radius 1 is 1.40 bits per heavy atom. The fourth-order valence-corrected chi connectivity index (χ4v) is 2.88. The Bertz CT molecular complexity index is 327.